The minimum Gasteiger partial charge on any atom is -0.460 e. The van der Waals surface area contributed by atoms with E-state index in [2.05, 4.69) is 32.6 Å². The molecule has 0 spiro atoms. The van der Waals surface area contributed by atoms with Gasteiger partial charge < -0.3 is 15.0 Å². The Morgan fingerprint density at radius 1 is 1.43 bits per heavy atom. The van der Waals surface area contributed by atoms with E-state index in [9.17, 15) is 4.79 Å². The maximum absolute atomic E-state index is 11.7. The van der Waals surface area contributed by atoms with E-state index >= 15 is 0 Å². The van der Waals surface area contributed by atoms with Crippen LogP contribution in [0.2, 0.25) is 0 Å². The molecule has 0 aliphatic rings. The van der Waals surface area contributed by atoms with E-state index in [0.717, 1.165) is 14.6 Å². The molecular weight excluding hydrogens is 383 g/mol. The number of nitrogen functional groups attached to an aromatic ring is 1. The SMILES string of the molecule is CC(C)(C)OC(=O)CCCn1cc(I)c2c(N)ncnc21. The summed E-state index contributed by atoms with van der Waals surface area (Å²) < 4.78 is 8.30. The van der Waals surface area contributed by atoms with Gasteiger partial charge in [0.05, 0.1) is 5.39 Å². The zero-order valence-electron chi connectivity index (χ0n) is 12.4. The Bertz CT molecular complexity index is 661. The van der Waals surface area contributed by atoms with Crippen molar-refractivity contribution in [3.63, 3.8) is 0 Å². The number of ether oxygens (including phenoxy) is 1. The van der Waals surface area contributed by atoms with Crippen LogP contribution in [-0.4, -0.2) is 26.1 Å². The number of hydrogen-bond acceptors (Lipinski definition) is 5. The van der Waals surface area contributed by atoms with E-state index in [1.807, 2.05) is 31.5 Å². The smallest absolute Gasteiger partial charge is 0.306 e. The van der Waals surface area contributed by atoms with Gasteiger partial charge in [-0.2, -0.15) is 0 Å². The van der Waals surface area contributed by atoms with Crippen LogP contribution in [0.4, 0.5) is 5.82 Å². The molecule has 0 radical (unpaired) electrons. The van der Waals surface area contributed by atoms with Crippen LogP contribution in [0, 0.1) is 3.57 Å². The fourth-order valence-corrected chi connectivity index (χ4v) is 2.91. The Morgan fingerprint density at radius 3 is 2.81 bits per heavy atom. The molecule has 0 aromatic carbocycles. The largest absolute Gasteiger partial charge is 0.460 e. The molecule has 0 saturated carbocycles. The highest BCUT2D eigenvalue weighted by molar-refractivity contribution is 14.1. The second-order valence-electron chi connectivity index (χ2n) is 5.82. The van der Waals surface area contributed by atoms with Gasteiger partial charge in [-0.1, -0.05) is 0 Å². The number of nitrogens with zero attached hydrogens (tertiary/aromatic N) is 3. The maximum atomic E-state index is 11.7. The molecule has 7 heteroatoms. The Balaban J connectivity index is 2.02. The predicted molar refractivity (Wildman–Crippen MR) is 89.7 cm³/mol. The molecule has 0 aliphatic heterocycles. The molecule has 6 nitrogen and oxygen atoms in total. The van der Waals surface area contributed by atoms with Crippen LogP contribution in [0.25, 0.3) is 11.0 Å². The highest BCUT2D eigenvalue weighted by Gasteiger charge is 2.16. The molecule has 0 amide bonds. The molecule has 0 bridgehead atoms. The van der Waals surface area contributed by atoms with Gasteiger partial charge in [0.25, 0.3) is 0 Å². The van der Waals surface area contributed by atoms with E-state index < -0.39 is 5.60 Å². The van der Waals surface area contributed by atoms with Crippen molar-refractivity contribution < 1.29 is 9.53 Å². The quantitative estimate of drug-likeness (QED) is 0.628. The predicted octanol–water partition coefficient (Wildman–Crippen LogP) is 2.74. The molecule has 0 atom stereocenters. The van der Waals surface area contributed by atoms with Crippen LogP contribution >= 0.6 is 22.6 Å². The third kappa shape index (κ3) is 4.05. The van der Waals surface area contributed by atoms with Crippen LogP contribution in [0.1, 0.15) is 33.6 Å². The molecule has 0 saturated heterocycles. The van der Waals surface area contributed by atoms with Crippen molar-refractivity contribution in [3.05, 3.63) is 16.1 Å². The van der Waals surface area contributed by atoms with Gasteiger partial charge in [-0.15, -0.1) is 0 Å². The molecule has 2 heterocycles. The number of carbonyl (C=O) groups excluding carboxylic acids is 1. The summed E-state index contributed by atoms with van der Waals surface area (Å²) >= 11 is 2.22. The fraction of sp³-hybridized carbons (Fsp3) is 0.500. The summed E-state index contributed by atoms with van der Waals surface area (Å²) in [7, 11) is 0. The van der Waals surface area contributed by atoms with E-state index in [4.69, 9.17) is 10.5 Å². The minimum absolute atomic E-state index is 0.178. The first-order valence-electron chi connectivity index (χ1n) is 6.74. The van der Waals surface area contributed by atoms with Crippen LogP contribution < -0.4 is 5.73 Å². The maximum Gasteiger partial charge on any atom is 0.306 e. The third-order valence-corrected chi connectivity index (χ3v) is 3.65. The number of nitrogens with two attached hydrogens (primary N) is 1. The molecule has 21 heavy (non-hydrogen) atoms. The highest BCUT2D eigenvalue weighted by Crippen LogP contribution is 2.25. The average molecular weight is 402 g/mol. The summed E-state index contributed by atoms with van der Waals surface area (Å²) in [4.78, 5) is 20.0. The molecule has 2 aromatic rings. The van der Waals surface area contributed by atoms with Crippen molar-refractivity contribution in [2.24, 2.45) is 0 Å². The van der Waals surface area contributed by atoms with Crippen molar-refractivity contribution in [2.45, 2.75) is 45.8 Å². The number of anilines is 1. The van der Waals surface area contributed by atoms with Gasteiger partial charge >= 0.3 is 5.97 Å². The van der Waals surface area contributed by atoms with Crippen molar-refractivity contribution >= 4 is 45.4 Å². The van der Waals surface area contributed by atoms with Crippen LogP contribution in [0.3, 0.4) is 0 Å². The summed E-state index contributed by atoms with van der Waals surface area (Å²) in [6, 6.07) is 0. The first kappa shape index (κ1) is 16.0. The minimum atomic E-state index is -0.436. The van der Waals surface area contributed by atoms with Crippen LogP contribution in [0.15, 0.2) is 12.5 Å². The Morgan fingerprint density at radius 2 is 2.14 bits per heavy atom. The van der Waals surface area contributed by atoms with Crippen molar-refractivity contribution in [1.29, 1.82) is 0 Å². The first-order chi connectivity index (χ1) is 9.78. The molecule has 0 unspecified atom stereocenters. The summed E-state index contributed by atoms with van der Waals surface area (Å²) in [5.74, 6) is 0.304. The van der Waals surface area contributed by atoms with Crippen LogP contribution in [0.5, 0.6) is 0 Å². The second-order valence-corrected chi connectivity index (χ2v) is 6.98. The number of rotatable bonds is 4. The lowest BCUT2D eigenvalue weighted by molar-refractivity contribution is -0.154. The Hall–Kier alpha value is -1.38. The normalized spacial score (nSPS) is 11.8. The first-order valence-corrected chi connectivity index (χ1v) is 7.82. The average Bonchev–Trinajstić information content (AvgIpc) is 2.65. The number of esters is 1. The van der Waals surface area contributed by atoms with Gasteiger partial charge in [0.2, 0.25) is 0 Å². The van der Waals surface area contributed by atoms with Crippen LogP contribution in [-0.2, 0) is 16.1 Å². The van der Waals surface area contributed by atoms with E-state index in [1.165, 1.54) is 6.33 Å². The number of fused-ring (bicyclic) bond motifs is 1. The zero-order chi connectivity index (χ0) is 15.6. The summed E-state index contributed by atoms with van der Waals surface area (Å²) in [6.45, 7) is 6.29. The summed E-state index contributed by atoms with van der Waals surface area (Å²) in [5, 5.41) is 0.871. The molecule has 2 rings (SSSR count). The topological polar surface area (TPSA) is 83.0 Å². The molecular formula is C14H19IN4O2. The van der Waals surface area contributed by atoms with Gasteiger partial charge in [-0.25, -0.2) is 9.97 Å². The molecule has 2 aromatic heterocycles. The molecule has 0 aliphatic carbocycles. The Labute approximate surface area is 137 Å². The Kier molecular flexibility index (Phi) is 4.70. The molecule has 0 fully saturated rings. The molecule has 2 N–H and O–H groups in total. The second kappa shape index (κ2) is 6.17. The highest BCUT2D eigenvalue weighted by atomic mass is 127. The summed E-state index contributed by atoms with van der Waals surface area (Å²) in [5.41, 5.74) is 6.24. The zero-order valence-corrected chi connectivity index (χ0v) is 14.5. The van der Waals surface area contributed by atoms with Crippen molar-refractivity contribution in [3.8, 4) is 0 Å². The van der Waals surface area contributed by atoms with Gasteiger partial charge in [0, 0.05) is 22.7 Å². The number of aromatic nitrogens is 3. The number of aryl methyl sites for hydroxylation is 1. The fourth-order valence-electron chi connectivity index (χ4n) is 2.06. The standard InChI is InChI=1S/C14H19IN4O2/c1-14(2,3)21-10(20)5-4-6-19-7-9(15)11-12(16)17-8-18-13(11)19/h7-8H,4-6H2,1-3H3,(H2,16,17,18). The lowest BCUT2D eigenvalue weighted by Crippen LogP contribution is -2.23. The molecule has 114 valence electrons. The van der Waals surface area contributed by atoms with Gasteiger partial charge in [0.1, 0.15) is 23.4 Å². The van der Waals surface area contributed by atoms with Gasteiger partial charge in [-0.3, -0.25) is 4.79 Å². The van der Waals surface area contributed by atoms with Crippen molar-refractivity contribution in [1.82, 2.24) is 14.5 Å². The monoisotopic (exact) mass is 402 g/mol. The van der Waals surface area contributed by atoms with E-state index in [1.54, 1.807) is 0 Å². The van der Waals surface area contributed by atoms with E-state index in [0.29, 0.717) is 25.2 Å². The van der Waals surface area contributed by atoms with Gasteiger partial charge in [0.15, 0.2) is 0 Å². The number of hydrogen-bond donors (Lipinski definition) is 1. The summed E-state index contributed by atoms with van der Waals surface area (Å²) in [6.07, 6.45) is 4.51. The third-order valence-electron chi connectivity index (χ3n) is 2.84. The number of halogens is 1. The number of carbonyl (C=O) groups is 1. The lowest BCUT2D eigenvalue weighted by Gasteiger charge is -2.19. The van der Waals surface area contributed by atoms with Gasteiger partial charge in [-0.05, 0) is 49.8 Å². The van der Waals surface area contributed by atoms with E-state index in [-0.39, 0.29) is 5.97 Å². The lowest BCUT2D eigenvalue weighted by atomic mass is 10.2. The van der Waals surface area contributed by atoms with Crippen molar-refractivity contribution in [2.75, 3.05) is 5.73 Å².